The fourth-order valence-corrected chi connectivity index (χ4v) is 2.08. The first-order valence-electron chi connectivity index (χ1n) is 5.30. The molecule has 0 amide bonds. The summed E-state index contributed by atoms with van der Waals surface area (Å²) in [5.41, 5.74) is 0.159. The van der Waals surface area contributed by atoms with Crippen molar-refractivity contribution >= 4 is 27.7 Å². The second-order valence-electron chi connectivity index (χ2n) is 3.71. The quantitative estimate of drug-likeness (QED) is 0.697. The minimum atomic E-state index is -0.613. The van der Waals surface area contributed by atoms with E-state index in [1.54, 1.807) is 6.07 Å². The van der Waals surface area contributed by atoms with Gasteiger partial charge in [-0.2, -0.15) is 0 Å². The second-order valence-corrected chi connectivity index (χ2v) is 4.56. The van der Waals surface area contributed by atoms with Gasteiger partial charge in [-0.3, -0.25) is 4.79 Å². The Bertz CT molecular complexity index is 651. The molecule has 1 aromatic heterocycles. The van der Waals surface area contributed by atoms with Crippen molar-refractivity contribution in [3.8, 4) is 0 Å². The summed E-state index contributed by atoms with van der Waals surface area (Å²) in [6.07, 6.45) is 0. The Morgan fingerprint density at radius 3 is 2.63 bits per heavy atom. The topological polar surface area (TPSA) is 59.2 Å². The molecule has 2 rings (SSSR count). The molecular weight excluding hydrogens is 317 g/mol. The van der Waals surface area contributed by atoms with Gasteiger partial charge >= 0.3 is 5.97 Å². The number of hydrogen-bond acceptors (Lipinski definition) is 3. The van der Waals surface area contributed by atoms with E-state index < -0.39 is 17.6 Å². The van der Waals surface area contributed by atoms with Crippen LogP contribution in [0.5, 0.6) is 0 Å². The number of aromatic amines is 1. The summed E-state index contributed by atoms with van der Waals surface area (Å²) >= 11 is 3.14. The fraction of sp³-hybridized carbons (Fsp3) is 0.0769. The molecule has 0 bridgehead atoms. The number of ketones is 1. The van der Waals surface area contributed by atoms with Crippen LogP contribution in [0, 0.1) is 5.82 Å². The van der Waals surface area contributed by atoms with E-state index in [0.717, 1.165) is 0 Å². The fourth-order valence-electron chi connectivity index (χ4n) is 1.59. The largest absolute Gasteiger partial charge is 0.464 e. The smallest absolute Gasteiger partial charge is 0.355 e. The van der Waals surface area contributed by atoms with Crippen LogP contribution in [0.3, 0.4) is 0 Å². The van der Waals surface area contributed by atoms with E-state index in [9.17, 15) is 14.0 Å². The first-order chi connectivity index (χ1) is 9.04. The van der Waals surface area contributed by atoms with Crippen LogP contribution < -0.4 is 0 Å². The highest BCUT2D eigenvalue weighted by molar-refractivity contribution is 9.10. The van der Waals surface area contributed by atoms with Crippen molar-refractivity contribution in [2.45, 2.75) is 0 Å². The number of carbonyl (C=O) groups is 2. The summed E-state index contributed by atoms with van der Waals surface area (Å²) in [5.74, 6) is -1.76. The number of halogens is 2. The molecule has 0 saturated heterocycles. The molecule has 0 aliphatic rings. The Balaban J connectivity index is 2.41. The molecule has 0 fully saturated rings. The maximum atomic E-state index is 13.5. The van der Waals surface area contributed by atoms with E-state index >= 15 is 0 Å². The molecule has 6 heteroatoms. The normalized spacial score (nSPS) is 10.3. The molecule has 0 saturated carbocycles. The molecule has 0 aliphatic heterocycles. The van der Waals surface area contributed by atoms with E-state index in [1.807, 2.05) is 0 Å². The third-order valence-electron chi connectivity index (χ3n) is 2.52. The Labute approximate surface area is 116 Å². The van der Waals surface area contributed by atoms with Gasteiger partial charge in [0.2, 0.25) is 5.78 Å². The molecule has 1 aromatic carbocycles. The molecule has 0 radical (unpaired) electrons. The maximum Gasteiger partial charge on any atom is 0.355 e. The number of carbonyl (C=O) groups excluding carboxylic acids is 2. The summed E-state index contributed by atoms with van der Waals surface area (Å²) in [7, 11) is 1.23. The van der Waals surface area contributed by atoms with Crippen LogP contribution in [0.25, 0.3) is 0 Å². The predicted octanol–water partition coefficient (Wildman–Crippen LogP) is 2.93. The van der Waals surface area contributed by atoms with Gasteiger partial charge < -0.3 is 9.72 Å². The van der Waals surface area contributed by atoms with Gasteiger partial charge in [-0.25, -0.2) is 9.18 Å². The number of H-pyrrole nitrogens is 1. The van der Waals surface area contributed by atoms with Crippen molar-refractivity contribution < 1.29 is 18.7 Å². The first kappa shape index (κ1) is 13.5. The molecule has 1 heterocycles. The zero-order valence-electron chi connectivity index (χ0n) is 9.87. The lowest BCUT2D eigenvalue weighted by atomic mass is 10.1. The molecular formula is C13H9BrFNO3. The highest BCUT2D eigenvalue weighted by Gasteiger charge is 2.20. The van der Waals surface area contributed by atoms with E-state index in [4.69, 9.17) is 0 Å². The molecule has 4 nitrogen and oxygen atoms in total. The lowest BCUT2D eigenvalue weighted by molar-refractivity contribution is 0.0593. The van der Waals surface area contributed by atoms with Crippen molar-refractivity contribution in [3.05, 3.63) is 57.6 Å². The number of methoxy groups -OCH3 is 1. The number of hydrogen-bond donors (Lipinski definition) is 1. The molecule has 0 spiro atoms. The van der Waals surface area contributed by atoms with E-state index in [2.05, 4.69) is 25.7 Å². The first-order valence-corrected chi connectivity index (χ1v) is 6.10. The van der Waals surface area contributed by atoms with Gasteiger partial charge in [-0.1, -0.05) is 12.1 Å². The van der Waals surface area contributed by atoms with E-state index in [1.165, 1.54) is 31.4 Å². The van der Waals surface area contributed by atoms with E-state index in [0.29, 0.717) is 4.47 Å². The number of esters is 1. The van der Waals surface area contributed by atoms with Gasteiger partial charge in [0.15, 0.2) is 0 Å². The highest BCUT2D eigenvalue weighted by atomic mass is 79.9. The summed E-state index contributed by atoms with van der Waals surface area (Å²) in [6.45, 7) is 0. The zero-order valence-corrected chi connectivity index (χ0v) is 11.5. The third-order valence-corrected chi connectivity index (χ3v) is 3.15. The maximum absolute atomic E-state index is 13.5. The molecule has 1 N–H and O–H groups in total. The minimum absolute atomic E-state index is 0.0623. The van der Waals surface area contributed by atoms with Crippen molar-refractivity contribution in [3.63, 3.8) is 0 Å². The van der Waals surface area contributed by atoms with Gasteiger partial charge in [0.05, 0.1) is 22.8 Å². The third kappa shape index (κ3) is 2.58. The van der Waals surface area contributed by atoms with Gasteiger partial charge in [0.1, 0.15) is 11.5 Å². The van der Waals surface area contributed by atoms with Crippen LogP contribution in [0.1, 0.15) is 26.5 Å². The van der Waals surface area contributed by atoms with Crippen molar-refractivity contribution in [2.24, 2.45) is 0 Å². The molecule has 98 valence electrons. The Kier molecular flexibility index (Phi) is 3.80. The summed E-state index contributed by atoms with van der Waals surface area (Å²) < 4.78 is 18.5. The number of ether oxygens (including phenoxy) is 1. The zero-order chi connectivity index (χ0) is 14.0. The monoisotopic (exact) mass is 325 g/mol. The summed E-state index contributed by atoms with van der Waals surface area (Å²) in [6, 6.07) is 7.06. The predicted molar refractivity (Wildman–Crippen MR) is 69.7 cm³/mol. The Hall–Kier alpha value is -1.95. The molecule has 2 aromatic rings. The summed E-state index contributed by atoms with van der Waals surface area (Å²) in [4.78, 5) is 26.1. The van der Waals surface area contributed by atoms with Crippen LogP contribution in [0.2, 0.25) is 0 Å². The van der Waals surface area contributed by atoms with Gasteiger partial charge in [-0.15, -0.1) is 0 Å². The second kappa shape index (κ2) is 5.36. The minimum Gasteiger partial charge on any atom is -0.464 e. The lowest BCUT2D eigenvalue weighted by Gasteiger charge is -2.00. The van der Waals surface area contributed by atoms with Crippen LogP contribution in [0.4, 0.5) is 4.39 Å². The van der Waals surface area contributed by atoms with Gasteiger partial charge in [0, 0.05) is 0 Å². The van der Waals surface area contributed by atoms with Crippen LogP contribution in [-0.4, -0.2) is 23.8 Å². The number of benzene rings is 1. The van der Waals surface area contributed by atoms with E-state index in [-0.39, 0.29) is 17.0 Å². The van der Waals surface area contributed by atoms with Crippen molar-refractivity contribution in [1.82, 2.24) is 4.98 Å². The van der Waals surface area contributed by atoms with Crippen LogP contribution in [0.15, 0.2) is 34.8 Å². The molecule has 0 unspecified atom stereocenters. The summed E-state index contributed by atoms with van der Waals surface area (Å²) in [5, 5.41) is 0. The molecule has 0 atom stereocenters. The van der Waals surface area contributed by atoms with Crippen LogP contribution >= 0.6 is 15.9 Å². The highest BCUT2D eigenvalue weighted by Crippen LogP contribution is 2.21. The Morgan fingerprint density at radius 2 is 2.00 bits per heavy atom. The van der Waals surface area contributed by atoms with Crippen molar-refractivity contribution in [2.75, 3.05) is 7.11 Å². The van der Waals surface area contributed by atoms with Crippen LogP contribution in [-0.2, 0) is 4.74 Å². The SMILES string of the molecule is COC(=O)c1[nH]c(C(=O)c2ccccc2F)cc1Br. The van der Waals surface area contributed by atoms with Gasteiger partial charge in [0.25, 0.3) is 0 Å². The Morgan fingerprint density at radius 1 is 1.32 bits per heavy atom. The number of aromatic nitrogens is 1. The average molecular weight is 326 g/mol. The number of rotatable bonds is 3. The average Bonchev–Trinajstić information content (AvgIpc) is 2.80. The standard InChI is InChI=1S/C13H9BrFNO3/c1-19-13(18)11-8(14)6-10(16-11)12(17)7-4-2-3-5-9(7)15/h2-6,16H,1H3. The van der Waals surface area contributed by atoms with Gasteiger partial charge in [-0.05, 0) is 34.1 Å². The molecule has 0 aliphatic carbocycles. The molecule has 19 heavy (non-hydrogen) atoms. The lowest BCUT2D eigenvalue weighted by Crippen LogP contribution is -2.07. The number of nitrogens with one attached hydrogen (secondary N) is 1. The van der Waals surface area contributed by atoms with Crippen molar-refractivity contribution in [1.29, 1.82) is 0 Å².